The molecule has 0 aliphatic carbocycles. The SMILES string of the molecule is CCCCCCCCCCCCCCCCSCCN1C=CN(C)C1. The van der Waals surface area contributed by atoms with Gasteiger partial charge in [-0.25, -0.2) is 0 Å². The van der Waals surface area contributed by atoms with Crippen molar-refractivity contribution in [2.24, 2.45) is 0 Å². The van der Waals surface area contributed by atoms with E-state index in [0.717, 1.165) is 6.67 Å². The Morgan fingerprint density at radius 1 is 0.680 bits per heavy atom. The maximum atomic E-state index is 2.40. The van der Waals surface area contributed by atoms with Gasteiger partial charge in [0, 0.05) is 31.7 Å². The summed E-state index contributed by atoms with van der Waals surface area (Å²) in [7, 11) is 2.14. The molecule has 0 aromatic carbocycles. The van der Waals surface area contributed by atoms with Crippen molar-refractivity contribution in [3.05, 3.63) is 12.4 Å². The first-order valence-corrected chi connectivity index (χ1v) is 12.2. The fourth-order valence-electron chi connectivity index (χ4n) is 3.42. The third-order valence-corrected chi connectivity index (χ3v) is 6.15. The lowest BCUT2D eigenvalue weighted by molar-refractivity contribution is 0.310. The molecular weight excluding hydrogens is 324 g/mol. The molecule has 2 nitrogen and oxygen atoms in total. The van der Waals surface area contributed by atoms with Gasteiger partial charge in [0.25, 0.3) is 0 Å². The average molecular weight is 369 g/mol. The first-order valence-electron chi connectivity index (χ1n) is 11.0. The molecular formula is C22H44N2S. The Morgan fingerprint density at radius 2 is 1.20 bits per heavy atom. The third-order valence-electron chi connectivity index (χ3n) is 5.10. The molecule has 0 aromatic heterocycles. The number of unbranched alkanes of at least 4 members (excludes halogenated alkanes) is 13. The smallest absolute Gasteiger partial charge is 0.0891 e. The van der Waals surface area contributed by atoms with Gasteiger partial charge in [-0.1, -0.05) is 90.4 Å². The zero-order valence-corrected chi connectivity index (χ0v) is 18.0. The van der Waals surface area contributed by atoms with E-state index in [9.17, 15) is 0 Å². The maximum Gasteiger partial charge on any atom is 0.0891 e. The molecule has 0 N–H and O–H groups in total. The topological polar surface area (TPSA) is 6.48 Å². The van der Waals surface area contributed by atoms with Gasteiger partial charge in [0.15, 0.2) is 0 Å². The molecule has 0 saturated carbocycles. The Balaban J connectivity index is 1.66. The predicted molar refractivity (Wildman–Crippen MR) is 116 cm³/mol. The Kier molecular flexibility index (Phi) is 15.6. The van der Waals surface area contributed by atoms with E-state index in [2.05, 4.69) is 47.9 Å². The molecule has 3 heteroatoms. The van der Waals surface area contributed by atoms with Crippen LogP contribution >= 0.6 is 11.8 Å². The zero-order chi connectivity index (χ0) is 18.0. The molecule has 0 fully saturated rings. The van der Waals surface area contributed by atoms with Crippen LogP contribution in [0.4, 0.5) is 0 Å². The first-order chi connectivity index (χ1) is 12.3. The third kappa shape index (κ3) is 14.5. The number of hydrogen-bond donors (Lipinski definition) is 0. The summed E-state index contributed by atoms with van der Waals surface area (Å²) in [5.74, 6) is 2.63. The van der Waals surface area contributed by atoms with Gasteiger partial charge in [-0.05, 0) is 12.2 Å². The van der Waals surface area contributed by atoms with Crippen LogP contribution in [-0.2, 0) is 0 Å². The summed E-state index contributed by atoms with van der Waals surface area (Å²) in [6.07, 6.45) is 24.7. The van der Waals surface area contributed by atoms with Crippen LogP contribution in [0.15, 0.2) is 12.4 Å². The molecule has 0 atom stereocenters. The van der Waals surface area contributed by atoms with E-state index in [1.807, 2.05) is 0 Å². The van der Waals surface area contributed by atoms with E-state index < -0.39 is 0 Å². The van der Waals surface area contributed by atoms with Crippen molar-refractivity contribution >= 4 is 11.8 Å². The van der Waals surface area contributed by atoms with E-state index in [1.54, 1.807) is 0 Å². The van der Waals surface area contributed by atoms with Gasteiger partial charge < -0.3 is 9.80 Å². The van der Waals surface area contributed by atoms with E-state index in [4.69, 9.17) is 0 Å². The molecule has 0 spiro atoms. The molecule has 1 aliphatic rings. The Labute approximate surface area is 162 Å². The normalized spacial score (nSPS) is 14.0. The minimum absolute atomic E-state index is 1.07. The van der Waals surface area contributed by atoms with Gasteiger partial charge in [-0.3, -0.25) is 0 Å². The second kappa shape index (κ2) is 17.1. The number of hydrogen-bond acceptors (Lipinski definition) is 3. The summed E-state index contributed by atoms with van der Waals surface area (Å²) >= 11 is 2.13. The van der Waals surface area contributed by atoms with Crippen molar-refractivity contribution in [2.45, 2.75) is 96.8 Å². The average Bonchev–Trinajstić information content (AvgIpc) is 3.03. The summed E-state index contributed by atoms with van der Waals surface area (Å²) < 4.78 is 0. The van der Waals surface area contributed by atoms with Crippen LogP contribution in [0.5, 0.6) is 0 Å². The summed E-state index contributed by atoms with van der Waals surface area (Å²) in [6.45, 7) is 4.56. The highest BCUT2D eigenvalue weighted by Crippen LogP contribution is 2.14. The second-order valence-corrected chi connectivity index (χ2v) is 8.94. The van der Waals surface area contributed by atoms with E-state index >= 15 is 0 Å². The van der Waals surface area contributed by atoms with Gasteiger partial charge in [0.2, 0.25) is 0 Å². The highest BCUT2D eigenvalue weighted by Gasteiger charge is 2.06. The van der Waals surface area contributed by atoms with E-state index in [0.29, 0.717) is 0 Å². The fourth-order valence-corrected chi connectivity index (χ4v) is 4.39. The molecule has 1 aliphatic heterocycles. The monoisotopic (exact) mass is 368 g/mol. The Hall–Kier alpha value is -0.310. The lowest BCUT2D eigenvalue weighted by atomic mass is 10.0. The van der Waals surface area contributed by atoms with Gasteiger partial charge >= 0.3 is 0 Å². The largest absolute Gasteiger partial charge is 0.362 e. The first kappa shape index (κ1) is 22.7. The molecule has 148 valence electrons. The molecule has 25 heavy (non-hydrogen) atoms. The minimum atomic E-state index is 1.07. The van der Waals surface area contributed by atoms with Crippen molar-refractivity contribution in [1.29, 1.82) is 0 Å². The van der Waals surface area contributed by atoms with Crippen LogP contribution in [-0.4, -0.2) is 41.6 Å². The summed E-state index contributed by atoms with van der Waals surface area (Å²) in [5.41, 5.74) is 0. The number of rotatable bonds is 18. The maximum absolute atomic E-state index is 2.40. The Morgan fingerprint density at radius 3 is 1.68 bits per heavy atom. The zero-order valence-electron chi connectivity index (χ0n) is 17.2. The minimum Gasteiger partial charge on any atom is -0.362 e. The lowest BCUT2D eigenvalue weighted by Crippen LogP contribution is -2.24. The quantitative estimate of drug-likeness (QED) is 0.244. The van der Waals surface area contributed by atoms with Crippen LogP contribution in [0.1, 0.15) is 96.8 Å². The Bertz CT molecular complexity index is 306. The number of nitrogens with zero attached hydrogens (tertiary/aromatic N) is 2. The van der Waals surface area contributed by atoms with Crippen molar-refractivity contribution in [3.63, 3.8) is 0 Å². The van der Waals surface area contributed by atoms with Crippen LogP contribution < -0.4 is 0 Å². The summed E-state index contributed by atoms with van der Waals surface area (Å²) in [6, 6.07) is 0. The van der Waals surface area contributed by atoms with Crippen LogP contribution in [0, 0.1) is 0 Å². The highest BCUT2D eigenvalue weighted by molar-refractivity contribution is 7.99. The molecule has 0 aromatic rings. The molecule has 0 bridgehead atoms. The van der Waals surface area contributed by atoms with Crippen LogP contribution in [0.25, 0.3) is 0 Å². The summed E-state index contributed by atoms with van der Waals surface area (Å²) in [4.78, 5) is 4.64. The molecule has 0 amide bonds. The molecule has 0 saturated heterocycles. The standard InChI is InChI=1S/C22H44N2S/c1-3-4-5-6-7-8-9-10-11-12-13-14-15-16-20-25-21-19-24-18-17-23(2)22-24/h17-18H,3-16,19-22H2,1-2H3. The fraction of sp³-hybridized carbons (Fsp3) is 0.909. The molecule has 1 rings (SSSR count). The van der Waals surface area contributed by atoms with Crippen molar-refractivity contribution in [1.82, 2.24) is 9.80 Å². The van der Waals surface area contributed by atoms with Gasteiger partial charge in [0.1, 0.15) is 0 Å². The predicted octanol–water partition coefficient (Wildman–Crippen LogP) is 6.88. The van der Waals surface area contributed by atoms with Gasteiger partial charge in [-0.2, -0.15) is 11.8 Å². The summed E-state index contributed by atoms with van der Waals surface area (Å²) in [5, 5.41) is 0. The van der Waals surface area contributed by atoms with Gasteiger partial charge in [-0.15, -0.1) is 0 Å². The molecule has 1 heterocycles. The lowest BCUT2D eigenvalue weighted by Gasteiger charge is -2.17. The van der Waals surface area contributed by atoms with Crippen LogP contribution in [0.2, 0.25) is 0 Å². The molecule has 0 unspecified atom stereocenters. The van der Waals surface area contributed by atoms with E-state index in [1.165, 1.54) is 108 Å². The van der Waals surface area contributed by atoms with E-state index in [-0.39, 0.29) is 0 Å². The highest BCUT2D eigenvalue weighted by atomic mass is 32.2. The number of thioether (sulfide) groups is 1. The van der Waals surface area contributed by atoms with Gasteiger partial charge in [0.05, 0.1) is 6.67 Å². The second-order valence-electron chi connectivity index (χ2n) is 7.72. The van der Waals surface area contributed by atoms with Crippen molar-refractivity contribution in [2.75, 3.05) is 31.8 Å². The van der Waals surface area contributed by atoms with Crippen LogP contribution in [0.3, 0.4) is 0 Å². The molecule has 0 radical (unpaired) electrons. The van der Waals surface area contributed by atoms with Crippen molar-refractivity contribution in [3.8, 4) is 0 Å². The van der Waals surface area contributed by atoms with Crippen molar-refractivity contribution < 1.29 is 0 Å².